The second-order valence-electron chi connectivity index (χ2n) is 5.27. The highest BCUT2D eigenvalue weighted by atomic mass is 19.1. The maximum Gasteiger partial charge on any atom is 0.258 e. The smallest absolute Gasteiger partial charge is 0.258 e. The summed E-state index contributed by atoms with van der Waals surface area (Å²) in [4.78, 5) is 11.9. The molecule has 0 unspecified atom stereocenters. The number of aliphatic hydroxyl groups excluding tert-OH is 1. The summed E-state index contributed by atoms with van der Waals surface area (Å²) in [5, 5.41) is 12.3. The number of hydrogen-bond donors (Lipinski definition) is 2. The van der Waals surface area contributed by atoms with E-state index in [-0.39, 0.29) is 24.9 Å². The summed E-state index contributed by atoms with van der Waals surface area (Å²) in [6, 6.07) is 5.96. The van der Waals surface area contributed by atoms with Crippen LogP contribution in [0.3, 0.4) is 0 Å². The van der Waals surface area contributed by atoms with Gasteiger partial charge in [0.1, 0.15) is 0 Å². The Morgan fingerprint density at radius 1 is 1.30 bits per heavy atom. The van der Waals surface area contributed by atoms with Crippen LogP contribution in [0.15, 0.2) is 24.3 Å². The van der Waals surface area contributed by atoms with E-state index in [0.29, 0.717) is 0 Å². The molecule has 4 nitrogen and oxygen atoms in total. The average Bonchev–Trinajstić information content (AvgIpc) is 2.47. The molecule has 1 aromatic carbocycles. The van der Waals surface area contributed by atoms with E-state index in [1.54, 1.807) is 12.1 Å². The molecule has 2 rings (SSSR count). The van der Waals surface area contributed by atoms with Crippen LogP contribution in [0.1, 0.15) is 32.1 Å². The number of para-hydroxylation sites is 1. The lowest BCUT2D eigenvalue weighted by atomic mass is 9.82. The van der Waals surface area contributed by atoms with Crippen molar-refractivity contribution in [2.24, 2.45) is 0 Å². The van der Waals surface area contributed by atoms with Crippen molar-refractivity contribution in [1.29, 1.82) is 0 Å². The van der Waals surface area contributed by atoms with Crippen LogP contribution < -0.4 is 10.1 Å². The van der Waals surface area contributed by atoms with Gasteiger partial charge in [0.25, 0.3) is 5.91 Å². The second kappa shape index (κ2) is 6.70. The van der Waals surface area contributed by atoms with Crippen LogP contribution in [0, 0.1) is 5.82 Å². The molecule has 5 heteroatoms. The molecule has 0 atom stereocenters. The van der Waals surface area contributed by atoms with Crippen molar-refractivity contribution in [2.45, 2.75) is 37.6 Å². The van der Waals surface area contributed by atoms with Crippen molar-refractivity contribution in [2.75, 3.05) is 13.2 Å². The minimum atomic E-state index is -0.534. The summed E-state index contributed by atoms with van der Waals surface area (Å²) in [6.45, 7) is -0.318. The Morgan fingerprint density at radius 2 is 2.00 bits per heavy atom. The van der Waals surface area contributed by atoms with Gasteiger partial charge in [0.05, 0.1) is 12.1 Å². The maximum absolute atomic E-state index is 13.3. The highest BCUT2D eigenvalue weighted by molar-refractivity contribution is 5.78. The van der Waals surface area contributed by atoms with E-state index < -0.39 is 11.4 Å². The van der Waals surface area contributed by atoms with Crippen molar-refractivity contribution in [3.05, 3.63) is 30.1 Å². The van der Waals surface area contributed by atoms with Gasteiger partial charge >= 0.3 is 0 Å². The van der Waals surface area contributed by atoms with Gasteiger partial charge in [-0.3, -0.25) is 4.79 Å². The SMILES string of the molecule is O=C(COc1ccccc1F)NC1(CO)CCCCC1. The van der Waals surface area contributed by atoms with Crippen molar-refractivity contribution < 1.29 is 19.0 Å². The minimum absolute atomic E-state index is 0.0596. The zero-order valence-electron chi connectivity index (χ0n) is 11.4. The molecule has 1 saturated carbocycles. The highest BCUT2D eigenvalue weighted by Crippen LogP contribution is 2.27. The molecule has 1 aromatic rings. The van der Waals surface area contributed by atoms with Crippen molar-refractivity contribution in [3.63, 3.8) is 0 Å². The lowest BCUT2D eigenvalue weighted by Crippen LogP contribution is -2.53. The first-order valence-electron chi connectivity index (χ1n) is 6.94. The van der Waals surface area contributed by atoms with E-state index in [0.717, 1.165) is 32.1 Å². The third kappa shape index (κ3) is 3.70. The number of rotatable bonds is 5. The van der Waals surface area contributed by atoms with Crippen LogP contribution in [-0.2, 0) is 4.79 Å². The molecule has 20 heavy (non-hydrogen) atoms. The Labute approximate surface area is 117 Å². The fourth-order valence-corrected chi connectivity index (χ4v) is 2.59. The molecule has 0 aromatic heterocycles. The summed E-state index contributed by atoms with van der Waals surface area (Å²) in [5.41, 5.74) is -0.534. The quantitative estimate of drug-likeness (QED) is 0.868. The molecule has 0 bridgehead atoms. The largest absolute Gasteiger partial charge is 0.481 e. The minimum Gasteiger partial charge on any atom is -0.481 e. The van der Waals surface area contributed by atoms with Gasteiger partial charge in [-0.2, -0.15) is 0 Å². The van der Waals surface area contributed by atoms with E-state index in [1.165, 1.54) is 12.1 Å². The van der Waals surface area contributed by atoms with Crippen LogP contribution in [0.25, 0.3) is 0 Å². The van der Waals surface area contributed by atoms with E-state index in [9.17, 15) is 14.3 Å². The molecule has 0 radical (unpaired) electrons. The number of ether oxygens (including phenoxy) is 1. The van der Waals surface area contributed by atoms with Crippen LogP contribution in [-0.4, -0.2) is 29.8 Å². The molecule has 2 N–H and O–H groups in total. The molecule has 1 aliphatic carbocycles. The van der Waals surface area contributed by atoms with E-state index in [1.807, 2.05) is 0 Å². The van der Waals surface area contributed by atoms with Gasteiger partial charge in [-0.1, -0.05) is 31.4 Å². The fourth-order valence-electron chi connectivity index (χ4n) is 2.59. The first-order valence-corrected chi connectivity index (χ1v) is 6.94. The second-order valence-corrected chi connectivity index (χ2v) is 5.27. The van der Waals surface area contributed by atoms with Gasteiger partial charge in [0.2, 0.25) is 0 Å². The number of benzene rings is 1. The summed E-state index contributed by atoms with van der Waals surface area (Å²) in [6.07, 6.45) is 4.66. The van der Waals surface area contributed by atoms with Gasteiger partial charge in [0.15, 0.2) is 18.2 Å². The normalized spacial score (nSPS) is 17.5. The number of carbonyl (C=O) groups excluding carboxylic acids is 1. The Balaban J connectivity index is 1.87. The van der Waals surface area contributed by atoms with Gasteiger partial charge in [0, 0.05) is 0 Å². The molecule has 1 aliphatic rings. The topological polar surface area (TPSA) is 58.6 Å². The molecule has 0 aliphatic heterocycles. The lowest BCUT2D eigenvalue weighted by molar-refractivity contribution is -0.126. The number of nitrogens with one attached hydrogen (secondary N) is 1. The third-order valence-corrected chi connectivity index (χ3v) is 3.71. The van der Waals surface area contributed by atoms with Crippen molar-refractivity contribution in [1.82, 2.24) is 5.32 Å². The lowest BCUT2D eigenvalue weighted by Gasteiger charge is -2.36. The summed E-state index contributed by atoms with van der Waals surface area (Å²) < 4.78 is 18.5. The number of halogens is 1. The van der Waals surface area contributed by atoms with Crippen LogP contribution >= 0.6 is 0 Å². The van der Waals surface area contributed by atoms with E-state index in [4.69, 9.17) is 4.74 Å². The van der Waals surface area contributed by atoms with Crippen LogP contribution in [0.2, 0.25) is 0 Å². The Morgan fingerprint density at radius 3 is 2.65 bits per heavy atom. The molecule has 0 saturated heterocycles. The summed E-state index contributed by atoms with van der Waals surface area (Å²) >= 11 is 0. The monoisotopic (exact) mass is 281 g/mol. The Hall–Kier alpha value is -1.62. The molecule has 1 amide bonds. The third-order valence-electron chi connectivity index (χ3n) is 3.71. The first-order chi connectivity index (χ1) is 9.65. The van der Waals surface area contributed by atoms with Crippen LogP contribution in [0.4, 0.5) is 4.39 Å². The number of amides is 1. The van der Waals surface area contributed by atoms with Gasteiger partial charge in [-0.25, -0.2) is 4.39 Å². The van der Waals surface area contributed by atoms with Crippen LogP contribution in [0.5, 0.6) is 5.75 Å². The van der Waals surface area contributed by atoms with E-state index in [2.05, 4.69) is 5.32 Å². The van der Waals surface area contributed by atoms with Crippen molar-refractivity contribution >= 4 is 5.91 Å². The first kappa shape index (κ1) is 14.8. The molecular weight excluding hydrogens is 261 g/mol. The van der Waals surface area contributed by atoms with Crippen molar-refractivity contribution in [3.8, 4) is 5.75 Å². The summed E-state index contributed by atoms with van der Waals surface area (Å²) in [7, 11) is 0. The predicted octanol–water partition coefficient (Wildman–Crippen LogP) is 2.02. The Bertz CT molecular complexity index is 458. The fraction of sp³-hybridized carbons (Fsp3) is 0.533. The maximum atomic E-state index is 13.3. The molecule has 1 fully saturated rings. The molecule has 110 valence electrons. The highest BCUT2D eigenvalue weighted by Gasteiger charge is 2.32. The Kier molecular flexibility index (Phi) is 4.95. The molecule has 0 heterocycles. The molecule has 0 spiro atoms. The van der Waals surface area contributed by atoms with Gasteiger partial charge < -0.3 is 15.2 Å². The molecular formula is C15H20FNO3. The zero-order chi connectivity index (χ0) is 14.4. The standard InChI is InChI=1S/C15H20FNO3/c16-12-6-2-3-7-13(12)20-10-14(19)17-15(11-18)8-4-1-5-9-15/h2-3,6-7,18H,1,4-5,8-11H2,(H,17,19). The summed E-state index contributed by atoms with van der Waals surface area (Å²) in [5.74, 6) is -0.761. The predicted molar refractivity (Wildman–Crippen MR) is 72.9 cm³/mol. The van der Waals surface area contributed by atoms with Gasteiger partial charge in [-0.15, -0.1) is 0 Å². The average molecular weight is 281 g/mol. The number of carbonyl (C=O) groups is 1. The number of aliphatic hydroxyl groups is 1. The number of hydrogen-bond acceptors (Lipinski definition) is 3. The zero-order valence-corrected chi connectivity index (χ0v) is 11.4. The van der Waals surface area contributed by atoms with E-state index >= 15 is 0 Å². The van der Waals surface area contributed by atoms with Gasteiger partial charge in [-0.05, 0) is 25.0 Å².